The zero-order chi connectivity index (χ0) is 36.4. The number of hydrogen-bond donors (Lipinski definition) is 0. The number of esters is 2. The average Bonchev–Trinajstić information content (AvgIpc) is 3.18. The Kier molecular flexibility index (Phi) is 14.7. The topological polar surface area (TPSA) is 77.3 Å². The summed E-state index contributed by atoms with van der Waals surface area (Å²) in [5.41, 5.74) is 6.95. The summed E-state index contributed by atoms with van der Waals surface area (Å²) in [7, 11) is 0. The molecule has 0 unspecified atom stereocenters. The summed E-state index contributed by atoms with van der Waals surface area (Å²) < 4.78 is 11.2. The molecule has 0 aromatic heterocycles. The van der Waals surface area contributed by atoms with E-state index in [-0.39, 0.29) is 11.5 Å². The molecular weight excluding hydrogens is 645 g/mol. The van der Waals surface area contributed by atoms with Crippen LogP contribution in [0.3, 0.4) is 0 Å². The minimum atomic E-state index is -0.517. The Balaban J connectivity index is 1.09. The number of hydrogen-bond acceptors (Lipinski definition) is 6. The number of carbonyl (C=O) groups excluding carboxylic acids is 2. The van der Waals surface area contributed by atoms with E-state index in [1.807, 2.05) is 48.5 Å². The normalized spacial score (nSPS) is 11.3. The van der Waals surface area contributed by atoms with Crippen molar-refractivity contribution in [3.05, 3.63) is 155 Å². The van der Waals surface area contributed by atoms with E-state index in [9.17, 15) is 9.59 Å². The van der Waals surface area contributed by atoms with Crippen molar-refractivity contribution in [2.75, 3.05) is 0 Å². The van der Waals surface area contributed by atoms with Crippen LogP contribution in [0.1, 0.15) is 108 Å². The van der Waals surface area contributed by atoms with Crippen molar-refractivity contribution in [3.63, 3.8) is 0 Å². The number of aryl methyl sites for hydroxylation is 2. The van der Waals surface area contributed by atoms with Gasteiger partial charge in [-0.3, -0.25) is 9.98 Å². The third-order valence-corrected chi connectivity index (χ3v) is 8.76. The van der Waals surface area contributed by atoms with Gasteiger partial charge in [0.25, 0.3) is 0 Å². The SMILES string of the molecule is CCCCCCc1ccc(N=Cc2ccc(C(=O)Oc3cccc(OC(=O)c4ccc(C=Nc5ccc(CCCCCC)cc5)cc4)c3)cc2)cc1. The van der Waals surface area contributed by atoms with Crippen LogP contribution in [-0.2, 0) is 12.8 Å². The van der Waals surface area contributed by atoms with Gasteiger partial charge in [0.2, 0.25) is 0 Å². The van der Waals surface area contributed by atoms with E-state index in [0.717, 1.165) is 35.3 Å². The predicted octanol–water partition coefficient (Wildman–Crippen LogP) is 11.9. The van der Waals surface area contributed by atoms with Gasteiger partial charge in [-0.25, -0.2) is 9.59 Å². The monoisotopic (exact) mass is 692 g/mol. The molecule has 5 rings (SSSR count). The minimum Gasteiger partial charge on any atom is -0.423 e. The zero-order valence-electron chi connectivity index (χ0n) is 30.3. The molecule has 0 heterocycles. The van der Waals surface area contributed by atoms with Crippen molar-refractivity contribution in [3.8, 4) is 11.5 Å². The molecule has 266 valence electrons. The first-order chi connectivity index (χ1) is 25.5. The maximum atomic E-state index is 12.9. The molecule has 6 heteroatoms. The smallest absolute Gasteiger partial charge is 0.343 e. The number of aliphatic imine (C=N–C) groups is 2. The van der Waals surface area contributed by atoms with E-state index in [1.165, 1.54) is 68.6 Å². The van der Waals surface area contributed by atoms with Gasteiger partial charge in [0.15, 0.2) is 0 Å². The lowest BCUT2D eigenvalue weighted by molar-refractivity contribution is 0.0733. The average molecular weight is 693 g/mol. The van der Waals surface area contributed by atoms with Gasteiger partial charge in [-0.1, -0.05) is 107 Å². The van der Waals surface area contributed by atoms with Crippen molar-refractivity contribution >= 4 is 35.7 Å². The molecule has 0 atom stereocenters. The van der Waals surface area contributed by atoms with Crippen LogP contribution in [0.2, 0.25) is 0 Å². The minimum absolute atomic E-state index is 0.269. The number of carbonyl (C=O) groups is 2. The van der Waals surface area contributed by atoms with Gasteiger partial charge in [-0.15, -0.1) is 0 Å². The van der Waals surface area contributed by atoms with E-state index < -0.39 is 11.9 Å². The van der Waals surface area contributed by atoms with Crippen LogP contribution in [-0.4, -0.2) is 24.4 Å². The van der Waals surface area contributed by atoms with Crippen molar-refractivity contribution < 1.29 is 19.1 Å². The first kappa shape index (κ1) is 37.6. The van der Waals surface area contributed by atoms with Crippen molar-refractivity contribution in [2.45, 2.75) is 78.1 Å². The van der Waals surface area contributed by atoms with Crippen LogP contribution in [0.4, 0.5) is 11.4 Å². The number of nitrogens with zero attached hydrogens (tertiary/aromatic N) is 2. The van der Waals surface area contributed by atoms with Crippen LogP contribution >= 0.6 is 0 Å². The molecule has 0 aliphatic rings. The molecule has 6 nitrogen and oxygen atoms in total. The van der Waals surface area contributed by atoms with Gasteiger partial charge >= 0.3 is 11.9 Å². The molecule has 0 aliphatic carbocycles. The molecule has 52 heavy (non-hydrogen) atoms. The maximum absolute atomic E-state index is 12.9. The van der Waals surface area contributed by atoms with Crippen LogP contribution in [0.25, 0.3) is 0 Å². The lowest BCUT2D eigenvalue weighted by atomic mass is 10.1. The van der Waals surface area contributed by atoms with Crippen LogP contribution in [0.15, 0.2) is 131 Å². The number of ether oxygens (including phenoxy) is 2. The van der Waals surface area contributed by atoms with E-state index in [0.29, 0.717) is 11.1 Å². The molecule has 5 aromatic rings. The second-order valence-electron chi connectivity index (χ2n) is 13.0. The molecular formula is C46H48N2O4. The van der Waals surface area contributed by atoms with Gasteiger partial charge in [0.1, 0.15) is 11.5 Å². The molecule has 0 bridgehead atoms. The van der Waals surface area contributed by atoms with Gasteiger partial charge < -0.3 is 9.47 Å². The molecule has 0 saturated carbocycles. The highest BCUT2D eigenvalue weighted by Gasteiger charge is 2.12. The molecule has 5 aromatic carbocycles. The predicted molar refractivity (Wildman–Crippen MR) is 212 cm³/mol. The van der Waals surface area contributed by atoms with E-state index in [4.69, 9.17) is 9.47 Å². The molecule has 0 aliphatic heterocycles. The highest BCUT2D eigenvalue weighted by molar-refractivity contribution is 5.93. The Morgan fingerprint density at radius 2 is 0.904 bits per heavy atom. The Labute approximate surface area is 308 Å². The third kappa shape index (κ3) is 12.3. The number of rotatable bonds is 18. The lowest BCUT2D eigenvalue weighted by Gasteiger charge is -2.08. The summed E-state index contributed by atoms with van der Waals surface area (Å²) >= 11 is 0. The van der Waals surface area contributed by atoms with E-state index in [1.54, 1.807) is 54.9 Å². The summed E-state index contributed by atoms with van der Waals surface area (Å²) in [4.78, 5) is 34.9. The quantitative estimate of drug-likeness (QED) is 0.0396. The van der Waals surface area contributed by atoms with Gasteiger partial charge in [0.05, 0.1) is 22.5 Å². The molecule has 0 N–H and O–H groups in total. The Morgan fingerprint density at radius 3 is 1.29 bits per heavy atom. The zero-order valence-corrected chi connectivity index (χ0v) is 30.3. The molecule has 0 radical (unpaired) electrons. The summed E-state index contributed by atoms with van der Waals surface area (Å²) in [5.74, 6) is -0.495. The van der Waals surface area contributed by atoms with Crippen LogP contribution in [0.5, 0.6) is 11.5 Å². The molecule has 0 amide bonds. The highest BCUT2D eigenvalue weighted by atomic mass is 16.5. The third-order valence-electron chi connectivity index (χ3n) is 8.76. The largest absolute Gasteiger partial charge is 0.423 e. The lowest BCUT2D eigenvalue weighted by Crippen LogP contribution is -2.10. The second-order valence-corrected chi connectivity index (χ2v) is 13.0. The van der Waals surface area contributed by atoms with Gasteiger partial charge in [-0.2, -0.15) is 0 Å². The van der Waals surface area contributed by atoms with Crippen LogP contribution < -0.4 is 9.47 Å². The summed E-state index contributed by atoms with van der Waals surface area (Å²) in [6, 6.07) is 37.3. The molecule has 0 fully saturated rings. The first-order valence-corrected chi connectivity index (χ1v) is 18.5. The van der Waals surface area contributed by atoms with E-state index >= 15 is 0 Å². The number of unbranched alkanes of at least 4 members (excludes halogenated alkanes) is 6. The standard InChI is InChI=1S/C46H48N2O4/c1-3-5-7-9-12-35-20-28-41(29-21-35)47-33-37-16-24-39(25-17-37)45(49)51-43-14-11-15-44(32-43)52-46(50)40-26-18-38(19-27-40)34-48-42-30-22-36(23-31-42)13-10-8-6-4-2/h11,14-34H,3-10,12-13H2,1-2H3. The summed E-state index contributed by atoms with van der Waals surface area (Å²) in [6.45, 7) is 4.45. The fourth-order valence-electron chi connectivity index (χ4n) is 5.65. The van der Waals surface area contributed by atoms with Crippen LogP contribution in [0, 0.1) is 0 Å². The van der Waals surface area contributed by atoms with Crippen molar-refractivity contribution in [2.24, 2.45) is 9.98 Å². The maximum Gasteiger partial charge on any atom is 0.343 e. The summed E-state index contributed by atoms with van der Waals surface area (Å²) in [5, 5.41) is 0. The fourth-order valence-corrected chi connectivity index (χ4v) is 5.65. The molecule has 0 spiro atoms. The van der Waals surface area contributed by atoms with Gasteiger partial charge in [-0.05, 0) is 109 Å². The highest BCUT2D eigenvalue weighted by Crippen LogP contribution is 2.23. The first-order valence-electron chi connectivity index (χ1n) is 18.5. The van der Waals surface area contributed by atoms with Crippen molar-refractivity contribution in [1.29, 1.82) is 0 Å². The Hall–Kier alpha value is -5.62. The Bertz CT molecular complexity index is 1770. The fraction of sp³-hybridized carbons (Fsp3) is 0.261. The second kappa shape index (κ2) is 20.3. The number of benzene rings is 5. The summed E-state index contributed by atoms with van der Waals surface area (Å²) in [6.07, 6.45) is 15.8. The molecule has 0 saturated heterocycles. The van der Waals surface area contributed by atoms with Crippen molar-refractivity contribution in [1.82, 2.24) is 0 Å². The van der Waals surface area contributed by atoms with E-state index in [2.05, 4.69) is 48.1 Å². The Morgan fingerprint density at radius 1 is 0.500 bits per heavy atom. The van der Waals surface area contributed by atoms with Gasteiger partial charge in [0, 0.05) is 18.5 Å².